The van der Waals surface area contributed by atoms with Gasteiger partial charge in [-0.25, -0.2) is 0 Å². The van der Waals surface area contributed by atoms with Crippen molar-refractivity contribution in [1.82, 2.24) is 15.1 Å². The van der Waals surface area contributed by atoms with Crippen molar-refractivity contribution in [1.29, 1.82) is 0 Å². The minimum Gasteiger partial charge on any atom is -0.379 e. The van der Waals surface area contributed by atoms with Crippen molar-refractivity contribution >= 4 is 22.9 Å². The Balaban J connectivity index is 1.56. The smallest absolute Gasteiger partial charge is 0.281 e. The van der Waals surface area contributed by atoms with Gasteiger partial charge in [0, 0.05) is 44.9 Å². The first kappa shape index (κ1) is 19.2. The second-order valence-corrected chi connectivity index (χ2v) is 7.78. The van der Waals surface area contributed by atoms with Gasteiger partial charge in [-0.2, -0.15) is 0 Å². The van der Waals surface area contributed by atoms with Gasteiger partial charge in [0.05, 0.1) is 19.3 Å². The summed E-state index contributed by atoms with van der Waals surface area (Å²) >= 11 is 1.33. The van der Waals surface area contributed by atoms with Gasteiger partial charge in [-0.15, -0.1) is 0 Å². The Hall–Kier alpha value is -1.57. The molecule has 0 radical (unpaired) electrons. The number of carbonyl (C=O) groups excluding carboxylic acids is 2. The van der Waals surface area contributed by atoms with Crippen LogP contribution in [0.5, 0.6) is 0 Å². The molecule has 7 heteroatoms. The fourth-order valence-electron chi connectivity index (χ4n) is 3.39. The van der Waals surface area contributed by atoms with E-state index in [1.54, 1.807) is 4.90 Å². The topological polar surface area (TPSA) is 61.9 Å². The average Bonchev–Trinajstić information content (AvgIpc) is 3.06. The summed E-state index contributed by atoms with van der Waals surface area (Å²) in [5.41, 5.74) is 2.44. The Bertz CT molecular complexity index is 634. The van der Waals surface area contributed by atoms with E-state index in [1.165, 1.54) is 22.9 Å². The molecule has 0 bridgehead atoms. The van der Waals surface area contributed by atoms with Gasteiger partial charge in [0.2, 0.25) is 5.91 Å². The number of benzene rings is 1. The predicted molar refractivity (Wildman–Crippen MR) is 103 cm³/mol. The van der Waals surface area contributed by atoms with Crippen molar-refractivity contribution < 1.29 is 14.3 Å². The highest BCUT2D eigenvalue weighted by molar-refractivity contribution is 8.13. The fraction of sp³-hybridized carbons (Fsp3) is 0.579. The summed E-state index contributed by atoms with van der Waals surface area (Å²) in [6, 6.07) is 8.61. The van der Waals surface area contributed by atoms with Gasteiger partial charge in [0.15, 0.2) is 0 Å². The lowest BCUT2D eigenvalue weighted by molar-refractivity contribution is -0.121. The zero-order valence-electron chi connectivity index (χ0n) is 15.3. The summed E-state index contributed by atoms with van der Waals surface area (Å²) in [4.78, 5) is 28.0. The molecule has 2 aliphatic heterocycles. The van der Waals surface area contributed by atoms with Crippen LogP contribution in [0.25, 0.3) is 0 Å². The summed E-state index contributed by atoms with van der Waals surface area (Å²) in [6.45, 7) is 7.10. The van der Waals surface area contributed by atoms with Crippen LogP contribution in [0, 0.1) is 6.92 Å². The number of carbonyl (C=O) groups is 2. The van der Waals surface area contributed by atoms with Crippen molar-refractivity contribution in [2.75, 3.05) is 51.7 Å². The number of nitrogens with one attached hydrogen (secondary N) is 1. The van der Waals surface area contributed by atoms with Crippen molar-refractivity contribution in [3.8, 4) is 0 Å². The number of thioether (sulfide) groups is 1. The van der Waals surface area contributed by atoms with Crippen molar-refractivity contribution in [3.05, 3.63) is 35.4 Å². The van der Waals surface area contributed by atoms with E-state index in [2.05, 4.69) is 41.4 Å². The zero-order valence-corrected chi connectivity index (χ0v) is 16.1. The molecule has 0 aromatic heterocycles. The molecule has 1 atom stereocenters. The van der Waals surface area contributed by atoms with Crippen LogP contribution >= 0.6 is 11.8 Å². The van der Waals surface area contributed by atoms with E-state index in [-0.39, 0.29) is 17.2 Å². The molecule has 1 N–H and O–H groups in total. The standard InChI is InChI=1S/C19H27N3O3S/c1-15-3-2-4-16(13-15)17(21-7-10-25-11-8-21)14-20-18(23)5-6-22-9-12-26-19(22)24/h2-4,13,17H,5-12,14H2,1H3,(H,20,23). The normalized spacial score (nSPS) is 19.6. The third-order valence-electron chi connectivity index (χ3n) is 4.86. The van der Waals surface area contributed by atoms with Crippen LogP contribution in [0.3, 0.4) is 0 Å². The average molecular weight is 378 g/mol. The number of rotatable bonds is 7. The molecule has 142 valence electrons. The number of hydrogen-bond donors (Lipinski definition) is 1. The SMILES string of the molecule is Cc1cccc(C(CNC(=O)CCN2CCSC2=O)N2CCOCC2)c1. The highest BCUT2D eigenvalue weighted by Gasteiger charge is 2.24. The summed E-state index contributed by atoms with van der Waals surface area (Å²) in [6.07, 6.45) is 0.357. The van der Waals surface area contributed by atoms with Crippen LogP contribution in [-0.4, -0.2) is 72.6 Å². The quantitative estimate of drug-likeness (QED) is 0.788. The second kappa shape index (κ2) is 9.39. The number of aryl methyl sites for hydroxylation is 1. The van der Waals surface area contributed by atoms with E-state index >= 15 is 0 Å². The highest BCUT2D eigenvalue weighted by atomic mass is 32.2. The lowest BCUT2D eigenvalue weighted by Crippen LogP contribution is -2.44. The van der Waals surface area contributed by atoms with Crippen molar-refractivity contribution in [2.45, 2.75) is 19.4 Å². The lowest BCUT2D eigenvalue weighted by atomic mass is 10.0. The van der Waals surface area contributed by atoms with E-state index in [9.17, 15) is 9.59 Å². The molecule has 0 saturated carbocycles. The van der Waals surface area contributed by atoms with Gasteiger partial charge in [-0.3, -0.25) is 14.5 Å². The van der Waals surface area contributed by atoms with E-state index in [0.717, 1.165) is 38.6 Å². The monoisotopic (exact) mass is 377 g/mol. The van der Waals surface area contributed by atoms with Crippen LogP contribution in [0.15, 0.2) is 24.3 Å². The summed E-state index contributed by atoms with van der Waals surface area (Å²) in [7, 11) is 0. The van der Waals surface area contributed by atoms with Crippen molar-refractivity contribution in [3.63, 3.8) is 0 Å². The molecule has 2 amide bonds. The molecular weight excluding hydrogens is 350 g/mol. The molecule has 6 nitrogen and oxygen atoms in total. The van der Waals surface area contributed by atoms with Crippen LogP contribution in [0.2, 0.25) is 0 Å². The minimum absolute atomic E-state index is 0.000567. The van der Waals surface area contributed by atoms with Crippen LogP contribution in [-0.2, 0) is 9.53 Å². The molecule has 26 heavy (non-hydrogen) atoms. The number of hydrogen-bond acceptors (Lipinski definition) is 5. The number of nitrogens with zero attached hydrogens (tertiary/aromatic N) is 2. The molecular formula is C19H27N3O3S. The molecule has 1 aromatic rings. The summed E-state index contributed by atoms with van der Waals surface area (Å²) < 4.78 is 5.47. The Morgan fingerprint density at radius 1 is 1.31 bits per heavy atom. The summed E-state index contributed by atoms with van der Waals surface area (Å²) in [5, 5.41) is 3.16. The maximum absolute atomic E-state index is 12.3. The van der Waals surface area contributed by atoms with E-state index in [4.69, 9.17) is 4.74 Å². The van der Waals surface area contributed by atoms with Crippen LogP contribution in [0.1, 0.15) is 23.6 Å². The van der Waals surface area contributed by atoms with Crippen LogP contribution in [0.4, 0.5) is 4.79 Å². The molecule has 2 heterocycles. The number of ether oxygens (including phenoxy) is 1. The van der Waals surface area contributed by atoms with Gasteiger partial charge in [-0.05, 0) is 12.5 Å². The molecule has 2 saturated heterocycles. The first-order valence-corrected chi connectivity index (χ1v) is 10.2. The zero-order chi connectivity index (χ0) is 18.4. The lowest BCUT2D eigenvalue weighted by Gasteiger charge is -2.35. The Kier molecular flexibility index (Phi) is 6.93. The molecule has 1 unspecified atom stereocenters. The Morgan fingerprint density at radius 2 is 2.12 bits per heavy atom. The molecule has 3 rings (SSSR count). The maximum atomic E-state index is 12.3. The number of morpholine rings is 1. The minimum atomic E-state index is 0.000567. The Labute approximate surface area is 159 Å². The maximum Gasteiger partial charge on any atom is 0.281 e. The van der Waals surface area contributed by atoms with Gasteiger partial charge in [0.1, 0.15) is 0 Å². The highest BCUT2D eigenvalue weighted by Crippen LogP contribution is 2.22. The van der Waals surface area contributed by atoms with Gasteiger partial charge in [0.25, 0.3) is 5.24 Å². The first-order valence-electron chi connectivity index (χ1n) is 9.20. The van der Waals surface area contributed by atoms with Crippen LogP contribution < -0.4 is 5.32 Å². The van der Waals surface area contributed by atoms with E-state index in [0.29, 0.717) is 19.5 Å². The van der Waals surface area contributed by atoms with Gasteiger partial charge < -0.3 is 15.0 Å². The fourth-order valence-corrected chi connectivity index (χ4v) is 4.24. The van der Waals surface area contributed by atoms with E-state index < -0.39 is 0 Å². The molecule has 0 aliphatic carbocycles. The first-order chi connectivity index (χ1) is 12.6. The van der Waals surface area contributed by atoms with Gasteiger partial charge in [-0.1, -0.05) is 41.6 Å². The third kappa shape index (κ3) is 5.22. The molecule has 2 aliphatic rings. The van der Waals surface area contributed by atoms with Gasteiger partial charge >= 0.3 is 0 Å². The molecule has 0 spiro atoms. The largest absolute Gasteiger partial charge is 0.379 e. The van der Waals surface area contributed by atoms with Crippen molar-refractivity contribution in [2.24, 2.45) is 0 Å². The number of amides is 2. The Morgan fingerprint density at radius 3 is 2.81 bits per heavy atom. The second-order valence-electron chi connectivity index (χ2n) is 6.73. The third-order valence-corrected chi connectivity index (χ3v) is 5.75. The summed E-state index contributed by atoms with van der Waals surface area (Å²) in [5.74, 6) is 0.827. The molecule has 2 fully saturated rings. The molecule has 1 aromatic carbocycles. The van der Waals surface area contributed by atoms with E-state index in [1.807, 2.05) is 0 Å². The predicted octanol–water partition coefficient (Wildman–Crippen LogP) is 2.04.